The van der Waals surface area contributed by atoms with Crippen LogP contribution in [-0.4, -0.2) is 56.2 Å². The Morgan fingerprint density at radius 1 is 1.38 bits per heavy atom. The molecule has 1 saturated carbocycles. The van der Waals surface area contributed by atoms with Crippen molar-refractivity contribution in [3.63, 3.8) is 0 Å². The maximum absolute atomic E-state index is 12.6. The standard InChI is InChI=1S/C18H29N3O3/c1-12-8-16(14(3)21(12)13(2)11-24-5)17(22)9-20(4)10-18(23)19-15-6-7-15/h8,13,15H,6-7,9-11H2,1-5H3,(H,19,23)/p+1/t13-/m0/s1. The molecular weight excluding hydrogens is 306 g/mol. The zero-order chi connectivity index (χ0) is 17.9. The maximum atomic E-state index is 12.6. The summed E-state index contributed by atoms with van der Waals surface area (Å²) in [7, 11) is 3.57. The van der Waals surface area contributed by atoms with Gasteiger partial charge in [0.1, 0.15) is 6.54 Å². The van der Waals surface area contributed by atoms with E-state index in [0.717, 1.165) is 34.7 Å². The number of nitrogens with one attached hydrogen (secondary N) is 2. The quantitative estimate of drug-likeness (QED) is 0.637. The third kappa shape index (κ3) is 4.68. The first-order chi connectivity index (χ1) is 11.3. The molecule has 1 unspecified atom stereocenters. The van der Waals surface area contributed by atoms with Crippen molar-refractivity contribution in [2.45, 2.75) is 45.7 Å². The van der Waals surface area contributed by atoms with E-state index in [1.165, 1.54) is 0 Å². The molecule has 1 amide bonds. The number of quaternary nitrogens is 1. The van der Waals surface area contributed by atoms with Crippen molar-refractivity contribution in [3.05, 3.63) is 23.0 Å². The second-order valence-corrected chi connectivity index (χ2v) is 7.03. The van der Waals surface area contributed by atoms with Crippen LogP contribution >= 0.6 is 0 Å². The summed E-state index contributed by atoms with van der Waals surface area (Å²) in [6, 6.07) is 2.50. The summed E-state index contributed by atoms with van der Waals surface area (Å²) in [4.78, 5) is 25.4. The van der Waals surface area contributed by atoms with Crippen molar-refractivity contribution in [1.29, 1.82) is 0 Å². The Labute approximate surface area is 144 Å². The van der Waals surface area contributed by atoms with E-state index < -0.39 is 0 Å². The van der Waals surface area contributed by atoms with E-state index in [4.69, 9.17) is 4.74 Å². The number of nitrogens with zero attached hydrogens (tertiary/aromatic N) is 1. The molecule has 1 fully saturated rings. The monoisotopic (exact) mass is 336 g/mol. The number of methoxy groups -OCH3 is 1. The van der Waals surface area contributed by atoms with Gasteiger partial charge in [-0.1, -0.05) is 0 Å². The number of carbonyl (C=O) groups is 2. The third-order valence-electron chi connectivity index (χ3n) is 4.50. The van der Waals surface area contributed by atoms with Crippen molar-refractivity contribution in [2.24, 2.45) is 0 Å². The average molecular weight is 336 g/mol. The number of hydrogen-bond acceptors (Lipinski definition) is 3. The maximum Gasteiger partial charge on any atom is 0.275 e. The average Bonchev–Trinajstić information content (AvgIpc) is 3.22. The zero-order valence-corrected chi connectivity index (χ0v) is 15.4. The molecule has 0 radical (unpaired) electrons. The van der Waals surface area contributed by atoms with Gasteiger partial charge in [-0.25, -0.2) is 0 Å². The predicted octanol–water partition coefficient (Wildman–Crippen LogP) is 0.288. The largest absolute Gasteiger partial charge is 0.383 e. The van der Waals surface area contributed by atoms with Crippen LogP contribution in [0.1, 0.15) is 47.6 Å². The topological polar surface area (TPSA) is 64.8 Å². The summed E-state index contributed by atoms with van der Waals surface area (Å²) in [5.74, 6) is 0.109. The van der Waals surface area contributed by atoms with Gasteiger partial charge in [-0.05, 0) is 39.7 Å². The molecule has 1 aliphatic carbocycles. The number of aromatic nitrogens is 1. The molecule has 0 bridgehead atoms. The molecule has 1 aromatic rings. The number of amides is 1. The van der Waals surface area contributed by atoms with Crippen LogP contribution in [0, 0.1) is 13.8 Å². The van der Waals surface area contributed by atoms with Gasteiger partial charge in [-0.15, -0.1) is 0 Å². The van der Waals surface area contributed by atoms with Gasteiger partial charge in [0, 0.05) is 30.1 Å². The molecule has 24 heavy (non-hydrogen) atoms. The molecule has 2 rings (SSSR count). The zero-order valence-electron chi connectivity index (χ0n) is 15.4. The molecule has 6 heteroatoms. The summed E-state index contributed by atoms with van der Waals surface area (Å²) in [6.45, 7) is 7.33. The van der Waals surface area contributed by atoms with E-state index in [-0.39, 0.29) is 17.7 Å². The molecule has 2 N–H and O–H groups in total. The van der Waals surface area contributed by atoms with Crippen LogP contribution in [0.2, 0.25) is 0 Å². The Morgan fingerprint density at radius 2 is 2.04 bits per heavy atom. The number of hydrogen-bond donors (Lipinski definition) is 2. The fourth-order valence-corrected chi connectivity index (χ4v) is 3.27. The van der Waals surface area contributed by atoms with Crippen LogP contribution in [0.5, 0.6) is 0 Å². The Kier molecular flexibility index (Phi) is 6.18. The molecule has 1 aliphatic rings. The van der Waals surface area contributed by atoms with E-state index >= 15 is 0 Å². The number of aryl methyl sites for hydroxylation is 1. The first kappa shape index (κ1) is 18.7. The van der Waals surface area contributed by atoms with Gasteiger partial charge >= 0.3 is 0 Å². The number of ether oxygens (including phenoxy) is 1. The Hall–Kier alpha value is -1.66. The van der Waals surface area contributed by atoms with Gasteiger partial charge in [0.2, 0.25) is 5.78 Å². The number of ketones is 1. The summed E-state index contributed by atoms with van der Waals surface area (Å²) in [6.07, 6.45) is 2.16. The van der Waals surface area contributed by atoms with E-state index in [9.17, 15) is 9.59 Å². The van der Waals surface area contributed by atoms with Gasteiger partial charge in [-0.3, -0.25) is 9.59 Å². The predicted molar refractivity (Wildman–Crippen MR) is 92.6 cm³/mol. The number of Topliss-reactive ketones (excluding diaryl/α,β-unsaturated/α-hetero) is 1. The van der Waals surface area contributed by atoms with E-state index in [1.54, 1.807) is 7.11 Å². The lowest BCUT2D eigenvalue weighted by molar-refractivity contribution is -0.862. The molecule has 6 nitrogen and oxygen atoms in total. The van der Waals surface area contributed by atoms with Gasteiger partial charge in [0.15, 0.2) is 6.54 Å². The van der Waals surface area contributed by atoms with Gasteiger partial charge in [0.05, 0.1) is 19.7 Å². The van der Waals surface area contributed by atoms with Crippen LogP contribution in [0.15, 0.2) is 6.07 Å². The highest BCUT2D eigenvalue weighted by atomic mass is 16.5. The highest BCUT2D eigenvalue weighted by molar-refractivity contribution is 5.98. The Bertz CT molecular complexity index is 605. The lowest BCUT2D eigenvalue weighted by Crippen LogP contribution is -3.11. The first-order valence-electron chi connectivity index (χ1n) is 8.64. The van der Waals surface area contributed by atoms with Crippen molar-refractivity contribution >= 4 is 11.7 Å². The fourth-order valence-electron chi connectivity index (χ4n) is 3.27. The number of likely N-dealkylation sites (N-methyl/N-ethyl adjacent to an activating group) is 1. The first-order valence-corrected chi connectivity index (χ1v) is 8.64. The molecule has 2 atom stereocenters. The number of carbonyl (C=O) groups excluding carboxylic acids is 2. The fraction of sp³-hybridized carbons (Fsp3) is 0.667. The van der Waals surface area contributed by atoms with E-state index in [2.05, 4.69) is 16.8 Å². The van der Waals surface area contributed by atoms with Crippen molar-refractivity contribution in [3.8, 4) is 0 Å². The molecule has 0 spiro atoms. The summed E-state index contributed by atoms with van der Waals surface area (Å²) in [5.41, 5.74) is 2.78. The van der Waals surface area contributed by atoms with Crippen LogP contribution < -0.4 is 10.2 Å². The minimum absolute atomic E-state index is 0.0296. The third-order valence-corrected chi connectivity index (χ3v) is 4.50. The minimum Gasteiger partial charge on any atom is -0.383 e. The second-order valence-electron chi connectivity index (χ2n) is 7.03. The van der Waals surface area contributed by atoms with Crippen LogP contribution in [0.4, 0.5) is 0 Å². The lowest BCUT2D eigenvalue weighted by Gasteiger charge is -2.18. The second kappa shape index (κ2) is 7.94. The molecule has 134 valence electrons. The minimum atomic E-state index is 0.0296. The van der Waals surface area contributed by atoms with Crippen LogP contribution in [0.25, 0.3) is 0 Å². The SMILES string of the molecule is COC[C@H](C)n1c(C)cc(C(=O)C[NH+](C)CC(=O)NC2CC2)c1C. The summed E-state index contributed by atoms with van der Waals surface area (Å²) in [5, 5.41) is 2.96. The molecule has 0 aliphatic heterocycles. The van der Waals surface area contributed by atoms with Gasteiger partial charge in [-0.2, -0.15) is 0 Å². The van der Waals surface area contributed by atoms with Crippen molar-refractivity contribution in [1.82, 2.24) is 9.88 Å². The summed E-state index contributed by atoms with van der Waals surface area (Å²) >= 11 is 0. The van der Waals surface area contributed by atoms with E-state index in [1.807, 2.05) is 27.0 Å². The Balaban J connectivity index is 1.98. The highest BCUT2D eigenvalue weighted by Gasteiger charge is 2.26. The van der Waals surface area contributed by atoms with Crippen LogP contribution in [0.3, 0.4) is 0 Å². The molecular formula is C18H30N3O3+. The smallest absolute Gasteiger partial charge is 0.275 e. The van der Waals surface area contributed by atoms with Crippen molar-refractivity contribution < 1.29 is 19.2 Å². The van der Waals surface area contributed by atoms with Gasteiger partial charge in [0.25, 0.3) is 5.91 Å². The highest BCUT2D eigenvalue weighted by Crippen LogP contribution is 2.21. The molecule has 1 aromatic heterocycles. The normalized spacial score (nSPS) is 16.7. The van der Waals surface area contributed by atoms with Crippen LogP contribution in [-0.2, 0) is 9.53 Å². The summed E-state index contributed by atoms with van der Waals surface area (Å²) < 4.78 is 7.37. The number of rotatable bonds is 9. The molecule has 0 aromatic carbocycles. The Morgan fingerprint density at radius 3 is 2.62 bits per heavy atom. The van der Waals surface area contributed by atoms with Gasteiger partial charge < -0.3 is 19.5 Å². The lowest BCUT2D eigenvalue weighted by atomic mass is 10.1. The molecule has 1 heterocycles. The van der Waals surface area contributed by atoms with Crippen molar-refractivity contribution in [2.75, 3.05) is 33.9 Å². The molecule has 0 saturated heterocycles. The van der Waals surface area contributed by atoms with E-state index in [0.29, 0.717) is 25.7 Å².